The molecule has 1 aromatic carbocycles. The van der Waals surface area contributed by atoms with Crippen molar-refractivity contribution in [2.24, 2.45) is 0 Å². The number of hydrogen-bond acceptors (Lipinski definition) is 3. The molecule has 0 aliphatic heterocycles. The highest BCUT2D eigenvalue weighted by Crippen LogP contribution is 2.28. The summed E-state index contributed by atoms with van der Waals surface area (Å²) in [7, 11) is 0. The van der Waals surface area contributed by atoms with Crippen molar-refractivity contribution >= 4 is 17.3 Å². The minimum Gasteiger partial charge on any atom is -0.489 e. The van der Waals surface area contributed by atoms with E-state index in [1.54, 1.807) is 6.26 Å². The molecule has 3 nitrogen and oxygen atoms in total. The Hall–Kier alpha value is -1.61. The fraction of sp³-hybridized carbons (Fsp3) is 0.333. The molecule has 2 aromatic rings. The fourth-order valence-electron chi connectivity index (χ4n) is 1.73. The Morgan fingerprint density at radius 2 is 2.11 bits per heavy atom. The van der Waals surface area contributed by atoms with Gasteiger partial charge in [-0.1, -0.05) is 11.6 Å². The van der Waals surface area contributed by atoms with E-state index in [0.717, 1.165) is 17.0 Å². The van der Waals surface area contributed by atoms with Crippen molar-refractivity contribution in [1.29, 1.82) is 0 Å². The maximum atomic E-state index is 6.18. The largest absolute Gasteiger partial charge is 0.489 e. The van der Waals surface area contributed by atoms with Crippen LogP contribution in [-0.2, 0) is 6.54 Å². The molecular weight excluding hydrogens is 262 g/mol. The Balaban J connectivity index is 2.02. The lowest BCUT2D eigenvalue weighted by Gasteiger charge is -2.13. The molecule has 0 saturated heterocycles. The normalized spacial score (nSPS) is 10.8. The molecule has 1 N–H and O–H groups in total. The topological polar surface area (TPSA) is 34.4 Å². The zero-order valence-corrected chi connectivity index (χ0v) is 12.1. The van der Waals surface area contributed by atoms with Gasteiger partial charge in [0.25, 0.3) is 0 Å². The number of ether oxygens (including phenoxy) is 1. The van der Waals surface area contributed by atoms with E-state index in [9.17, 15) is 0 Å². The van der Waals surface area contributed by atoms with Crippen molar-refractivity contribution in [1.82, 2.24) is 0 Å². The van der Waals surface area contributed by atoms with Crippen LogP contribution in [0.3, 0.4) is 0 Å². The molecule has 4 heteroatoms. The molecule has 0 unspecified atom stereocenters. The van der Waals surface area contributed by atoms with Gasteiger partial charge in [0, 0.05) is 5.69 Å². The lowest BCUT2D eigenvalue weighted by molar-refractivity contribution is 0.242. The minimum atomic E-state index is 0.113. The first kappa shape index (κ1) is 13.8. The third-order valence-electron chi connectivity index (χ3n) is 2.72. The Morgan fingerprint density at radius 3 is 2.68 bits per heavy atom. The SMILES string of the molecule is Cc1ccoc1CNc1ccc(OC(C)C)c(Cl)c1. The minimum absolute atomic E-state index is 0.113. The van der Waals surface area contributed by atoms with E-state index in [1.807, 2.05) is 45.0 Å². The second-order valence-corrected chi connectivity index (χ2v) is 5.10. The number of halogens is 1. The number of rotatable bonds is 5. The standard InChI is InChI=1S/C15H18ClNO2/c1-10(2)19-14-5-4-12(8-13(14)16)17-9-15-11(3)6-7-18-15/h4-8,10,17H,9H2,1-3H3. The van der Waals surface area contributed by atoms with Crippen molar-refractivity contribution in [3.05, 3.63) is 46.9 Å². The molecule has 19 heavy (non-hydrogen) atoms. The number of nitrogens with one attached hydrogen (secondary N) is 1. The van der Waals surface area contributed by atoms with E-state index in [4.69, 9.17) is 20.8 Å². The van der Waals surface area contributed by atoms with Crippen LogP contribution in [0.25, 0.3) is 0 Å². The zero-order valence-electron chi connectivity index (χ0n) is 11.4. The molecular formula is C15H18ClNO2. The first-order valence-electron chi connectivity index (χ1n) is 6.29. The monoisotopic (exact) mass is 279 g/mol. The van der Waals surface area contributed by atoms with Crippen molar-refractivity contribution in [2.45, 2.75) is 33.4 Å². The van der Waals surface area contributed by atoms with Crippen molar-refractivity contribution in [3.8, 4) is 5.75 Å². The summed E-state index contributed by atoms with van der Waals surface area (Å²) in [6.45, 7) is 6.61. The smallest absolute Gasteiger partial charge is 0.138 e. The van der Waals surface area contributed by atoms with Gasteiger partial charge in [-0.05, 0) is 50.6 Å². The van der Waals surface area contributed by atoms with E-state index < -0.39 is 0 Å². The van der Waals surface area contributed by atoms with Gasteiger partial charge in [-0.3, -0.25) is 0 Å². The highest BCUT2D eigenvalue weighted by atomic mass is 35.5. The van der Waals surface area contributed by atoms with Gasteiger partial charge >= 0.3 is 0 Å². The summed E-state index contributed by atoms with van der Waals surface area (Å²) in [5.74, 6) is 1.63. The quantitative estimate of drug-likeness (QED) is 0.866. The predicted molar refractivity (Wildman–Crippen MR) is 78.0 cm³/mol. The summed E-state index contributed by atoms with van der Waals surface area (Å²) in [4.78, 5) is 0. The molecule has 0 bridgehead atoms. The Morgan fingerprint density at radius 1 is 1.32 bits per heavy atom. The van der Waals surface area contributed by atoms with Crippen molar-refractivity contribution in [2.75, 3.05) is 5.32 Å². The van der Waals surface area contributed by atoms with Crippen LogP contribution in [0.4, 0.5) is 5.69 Å². The van der Waals surface area contributed by atoms with Crippen LogP contribution in [0.1, 0.15) is 25.2 Å². The maximum absolute atomic E-state index is 6.18. The molecule has 0 aliphatic rings. The summed E-state index contributed by atoms with van der Waals surface area (Å²) in [6, 6.07) is 7.63. The Kier molecular flexibility index (Phi) is 4.38. The van der Waals surface area contributed by atoms with Crippen LogP contribution < -0.4 is 10.1 Å². The second kappa shape index (κ2) is 6.02. The van der Waals surface area contributed by atoms with Crippen molar-refractivity contribution < 1.29 is 9.15 Å². The highest BCUT2D eigenvalue weighted by Gasteiger charge is 2.06. The maximum Gasteiger partial charge on any atom is 0.138 e. The first-order chi connectivity index (χ1) is 9.06. The molecule has 0 radical (unpaired) electrons. The third kappa shape index (κ3) is 3.67. The van der Waals surface area contributed by atoms with Crippen LogP contribution in [0.15, 0.2) is 34.9 Å². The van der Waals surface area contributed by atoms with E-state index in [0.29, 0.717) is 17.3 Å². The number of furan rings is 1. The van der Waals surface area contributed by atoms with Gasteiger partial charge in [-0.15, -0.1) is 0 Å². The van der Waals surface area contributed by atoms with Gasteiger partial charge in [0.2, 0.25) is 0 Å². The summed E-state index contributed by atoms with van der Waals surface area (Å²) in [6.07, 6.45) is 1.81. The van der Waals surface area contributed by atoms with Gasteiger partial charge in [0.1, 0.15) is 11.5 Å². The van der Waals surface area contributed by atoms with E-state index in [-0.39, 0.29) is 6.10 Å². The van der Waals surface area contributed by atoms with E-state index in [2.05, 4.69) is 5.32 Å². The van der Waals surface area contributed by atoms with Gasteiger partial charge < -0.3 is 14.5 Å². The number of benzene rings is 1. The lowest BCUT2D eigenvalue weighted by Crippen LogP contribution is -2.06. The van der Waals surface area contributed by atoms with E-state index in [1.165, 1.54) is 0 Å². The average Bonchev–Trinajstić information content (AvgIpc) is 2.75. The molecule has 0 amide bonds. The van der Waals surface area contributed by atoms with Gasteiger partial charge in [0.05, 0.1) is 23.9 Å². The summed E-state index contributed by atoms with van der Waals surface area (Å²) in [5.41, 5.74) is 2.08. The van der Waals surface area contributed by atoms with Crippen LogP contribution >= 0.6 is 11.6 Å². The molecule has 102 valence electrons. The zero-order chi connectivity index (χ0) is 13.8. The molecule has 1 aromatic heterocycles. The fourth-order valence-corrected chi connectivity index (χ4v) is 1.95. The molecule has 0 spiro atoms. The molecule has 0 fully saturated rings. The number of anilines is 1. The summed E-state index contributed by atoms with van der Waals surface area (Å²) in [5, 5.41) is 3.88. The van der Waals surface area contributed by atoms with Gasteiger partial charge in [0.15, 0.2) is 0 Å². The molecule has 0 saturated carbocycles. The second-order valence-electron chi connectivity index (χ2n) is 4.69. The number of aryl methyl sites for hydroxylation is 1. The third-order valence-corrected chi connectivity index (χ3v) is 3.01. The van der Waals surface area contributed by atoms with Gasteiger partial charge in [-0.25, -0.2) is 0 Å². The highest BCUT2D eigenvalue weighted by molar-refractivity contribution is 6.32. The van der Waals surface area contributed by atoms with Gasteiger partial charge in [-0.2, -0.15) is 0 Å². The Bertz CT molecular complexity index is 549. The number of hydrogen-bond donors (Lipinski definition) is 1. The van der Waals surface area contributed by atoms with Crippen LogP contribution in [0, 0.1) is 6.92 Å². The lowest BCUT2D eigenvalue weighted by atomic mass is 10.2. The van der Waals surface area contributed by atoms with Crippen LogP contribution in [-0.4, -0.2) is 6.10 Å². The molecule has 1 heterocycles. The van der Waals surface area contributed by atoms with Crippen molar-refractivity contribution in [3.63, 3.8) is 0 Å². The summed E-state index contributed by atoms with van der Waals surface area (Å²) >= 11 is 6.18. The first-order valence-corrected chi connectivity index (χ1v) is 6.67. The Labute approximate surface area is 118 Å². The average molecular weight is 280 g/mol. The van der Waals surface area contributed by atoms with Crippen LogP contribution in [0.2, 0.25) is 5.02 Å². The molecule has 0 atom stereocenters. The predicted octanol–water partition coefficient (Wildman–Crippen LogP) is 4.64. The van der Waals surface area contributed by atoms with Crippen LogP contribution in [0.5, 0.6) is 5.75 Å². The van der Waals surface area contributed by atoms with E-state index >= 15 is 0 Å². The molecule has 0 aliphatic carbocycles. The summed E-state index contributed by atoms with van der Waals surface area (Å²) < 4.78 is 11.0. The molecule has 2 rings (SSSR count).